The first-order chi connectivity index (χ1) is 10.1. The number of halogens is 3. The fourth-order valence-corrected chi connectivity index (χ4v) is 3.44. The number of ether oxygens (including phenoxy) is 1. The summed E-state index contributed by atoms with van der Waals surface area (Å²) >= 11 is 5.72. The number of sulfone groups is 1. The highest BCUT2D eigenvalue weighted by Crippen LogP contribution is 2.30. The van der Waals surface area contributed by atoms with E-state index in [4.69, 9.17) is 16.4 Å². The van der Waals surface area contributed by atoms with Crippen molar-refractivity contribution >= 4 is 21.4 Å². The molecule has 2 rings (SSSR count). The summed E-state index contributed by atoms with van der Waals surface area (Å²) in [6, 6.07) is 3.89. The summed E-state index contributed by atoms with van der Waals surface area (Å²) in [5.41, 5.74) is 1.64. The van der Waals surface area contributed by atoms with E-state index in [-0.39, 0.29) is 21.4 Å². The van der Waals surface area contributed by atoms with Gasteiger partial charge in [-0.2, -0.15) is 8.78 Å². The molecule has 0 bridgehead atoms. The van der Waals surface area contributed by atoms with Crippen molar-refractivity contribution in [3.8, 4) is 5.75 Å². The van der Waals surface area contributed by atoms with E-state index in [1.807, 2.05) is 0 Å². The normalized spacial score (nSPS) is 17.3. The van der Waals surface area contributed by atoms with Crippen LogP contribution in [0.1, 0.15) is 19.4 Å². The lowest BCUT2D eigenvalue weighted by Gasteiger charge is -2.12. The van der Waals surface area contributed by atoms with Gasteiger partial charge < -0.3 is 4.74 Å². The molecule has 1 N–H and O–H groups in total. The summed E-state index contributed by atoms with van der Waals surface area (Å²) in [5.74, 6) is -0.797. The van der Waals surface area contributed by atoms with Crippen molar-refractivity contribution < 1.29 is 26.8 Å². The zero-order chi connectivity index (χ0) is 16.5. The Labute approximate surface area is 131 Å². The Morgan fingerprint density at radius 3 is 2.64 bits per heavy atom. The fourth-order valence-electron chi connectivity index (χ4n) is 1.85. The molecule has 1 aromatic carbocycles. The first kappa shape index (κ1) is 17.0. The molecule has 1 heterocycles. The number of hydrogen-bond acceptors (Lipinski definition) is 5. The van der Waals surface area contributed by atoms with Crippen LogP contribution >= 0.6 is 11.6 Å². The van der Waals surface area contributed by atoms with Crippen LogP contribution in [0.3, 0.4) is 0 Å². The average Bonchev–Trinajstić information content (AvgIpc) is 2.73. The predicted octanol–water partition coefficient (Wildman–Crippen LogP) is 3.01. The molecule has 22 heavy (non-hydrogen) atoms. The minimum Gasteiger partial charge on any atom is -0.434 e. The number of hydroxylamine groups is 1. The Hall–Kier alpha value is -1.38. The molecule has 0 aliphatic carbocycles. The maximum absolute atomic E-state index is 12.4. The van der Waals surface area contributed by atoms with E-state index in [0.29, 0.717) is 0 Å². The average molecular weight is 354 g/mol. The standard InChI is InChI=1S/C13H14ClF2NO4S/c1-13(2)6-11(17-21-13)22(18,19)7-8-3-4-9(14)5-10(8)20-12(15)16/h3-6,12,17H,7H2,1-2H3. The number of benzene rings is 1. The van der Waals surface area contributed by atoms with Gasteiger partial charge in [0.25, 0.3) is 0 Å². The van der Waals surface area contributed by atoms with E-state index >= 15 is 0 Å². The van der Waals surface area contributed by atoms with Crippen LogP contribution in [0.25, 0.3) is 0 Å². The Morgan fingerprint density at radius 2 is 2.09 bits per heavy atom. The van der Waals surface area contributed by atoms with Gasteiger partial charge in [0.1, 0.15) is 11.4 Å². The van der Waals surface area contributed by atoms with Gasteiger partial charge >= 0.3 is 6.61 Å². The van der Waals surface area contributed by atoms with Gasteiger partial charge in [0, 0.05) is 10.6 Å². The second-order valence-corrected chi connectivity index (χ2v) is 7.60. The molecular formula is C13H14ClF2NO4S. The summed E-state index contributed by atoms with van der Waals surface area (Å²) < 4.78 is 53.8. The summed E-state index contributed by atoms with van der Waals surface area (Å²) in [7, 11) is -3.80. The summed E-state index contributed by atoms with van der Waals surface area (Å²) in [6.07, 6.45) is 1.41. The minimum absolute atomic E-state index is 0.0807. The predicted molar refractivity (Wildman–Crippen MR) is 77.1 cm³/mol. The van der Waals surface area contributed by atoms with Gasteiger partial charge in [0.2, 0.25) is 0 Å². The van der Waals surface area contributed by atoms with Gasteiger partial charge in [0.15, 0.2) is 14.9 Å². The Kier molecular flexibility index (Phi) is 4.65. The molecule has 9 heteroatoms. The van der Waals surface area contributed by atoms with Gasteiger partial charge in [-0.25, -0.2) is 8.42 Å². The quantitative estimate of drug-likeness (QED) is 0.881. The van der Waals surface area contributed by atoms with E-state index in [1.54, 1.807) is 13.8 Å². The van der Waals surface area contributed by atoms with Gasteiger partial charge in [-0.1, -0.05) is 17.7 Å². The van der Waals surface area contributed by atoms with Crippen LogP contribution in [0.2, 0.25) is 5.02 Å². The molecule has 0 amide bonds. The first-order valence-electron chi connectivity index (χ1n) is 6.22. The van der Waals surface area contributed by atoms with Crippen molar-refractivity contribution in [3.05, 3.63) is 39.9 Å². The van der Waals surface area contributed by atoms with Crippen LogP contribution in [0, 0.1) is 0 Å². The van der Waals surface area contributed by atoms with Gasteiger partial charge in [0.05, 0.1) is 5.75 Å². The van der Waals surface area contributed by atoms with Crippen LogP contribution in [0.4, 0.5) is 8.78 Å². The van der Waals surface area contributed by atoms with Crippen LogP contribution in [-0.4, -0.2) is 20.6 Å². The van der Waals surface area contributed by atoms with E-state index < -0.39 is 27.8 Å². The number of alkyl halides is 2. The smallest absolute Gasteiger partial charge is 0.387 e. The molecule has 0 saturated heterocycles. The molecule has 0 saturated carbocycles. The third kappa shape index (κ3) is 4.08. The van der Waals surface area contributed by atoms with Crippen molar-refractivity contribution in [1.82, 2.24) is 5.48 Å². The largest absolute Gasteiger partial charge is 0.434 e. The van der Waals surface area contributed by atoms with E-state index in [0.717, 1.165) is 6.07 Å². The highest BCUT2D eigenvalue weighted by Gasteiger charge is 2.32. The van der Waals surface area contributed by atoms with Crippen molar-refractivity contribution in [2.24, 2.45) is 0 Å². The first-order valence-corrected chi connectivity index (χ1v) is 8.25. The SMILES string of the molecule is CC1(C)C=C(S(=O)(=O)Cc2ccc(Cl)cc2OC(F)F)NO1. The summed E-state index contributed by atoms with van der Waals surface area (Å²) in [4.78, 5) is 5.10. The molecule has 1 aliphatic heterocycles. The molecule has 0 fully saturated rings. The van der Waals surface area contributed by atoms with E-state index in [9.17, 15) is 17.2 Å². The van der Waals surface area contributed by atoms with Gasteiger partial charge in [-0.15, -0.1) is 0 Å². The Bertz CT molecular complexity index is 704. The monoisotopic (exact) mass is 353 g/mol. The van der Waals surface area contributed by atoms with Crippen molar-refractivity contribution in [2.75, 3.05) is 0 Å². The highest BCUT2D eigenvalue weighted by molar-refractivity contribution is 7.94. The molecule has 1 aliphatic rings. The molecular weight excluding hydrogens is 340 g/mol. The molecule has 122 valence electrons. The molecule has 5 nitrogen and oxygen atoms in total. The maximum atomic E-state index is 12.4. The lowest BCUT2D eigenvalue weighted by Crippen LogP contribution is -2.22. The van der Waals surface area contributed by atoms with E-state index in [2.05, 4.69) is 10.2 Å². The highest BCUT2D eigenvalue weighted by atomic mass is 35.5. The topological polar surface area (TPSA) is 64.6 Å². The fraction of sp³-hybridized carbons (Fsp3) is 0.385. The maximum Gasteiger partial charge on any atom is 0.387 e. The zero-order valence-electron chi connectivity index (χ0n) is 11.8. The number of rotatable bonds is 5. The third-order valence-electron chi connectivity index (χ3n) is 2.82. The second-order valence-electron chi connectivity index (χ2n) is 5.21. The van der Waals surface area contributed by atoms with Crippen LogP contribution in [-0.2, 0) is 20.4 Å². The molecule has 0 unspecified atom stereocenters. The minimum atomic E-state index is -3.80. The molecule has 0 spiro atoms. The Balaban J connectivity index is 2.30. The second kappa shape index (κ2) is 6.02. The van der Waals surface area contributed by atoms with Crippen LogP contribution in [0.15, 0.2) is 29.3 Å². The van der Waals surface area contributed by atoms with Crippen LogP contribution < -0.4 is 10.2 Å². The van der Waals surface area contributed by atoms with Gasteiger partial charge in [-0.3, -0.25) is 10.3 Å². The zero-order valence-corrected chi connectivity index (χ0v) is 13.3. The molecule has 0 atom stereocenters. The molecule has 1 aromatic rings. The van der Waals surface area contributed by atoms with Crippen molar-refractivity contribution in [3.63, 3.8) is 0 Å². The van der Waals surface area contributed by atoms with Gasteiger partial charge in [-0.05, 0) is 32.1 Å². The Morgan fingerprint density at radius 1 is 1.41 bits per heavy atom. The van der Waals surface area contributed by atoms with Crippen molar-refractivity contribution in [1.29, 1.82) is 0 Å². The third-order valence-corrected chi connectivity index (χ3v) is 4.62. The van der Waals surface area contributed by atoms with Crippen molar-refractivity contribution in [2.45, 2.75) is 31.8 Å². The number of hydrogen-bond donors (Lipinski definition) is 1. The lowest BCUT2D eigenvalue weighted by molar-refractivity contribution is -0.0503. The molecule has 0 radical (unpaired) electrons. The summed E-state index contributed by atoms with van der Waals surface area (Å²) in [6.45, 7) is 0.276. The van der Waals surface area contributed by atoms with Crippen LogP contribution in [0.5, 0.6) is 5.75 Å². The summed E-state index contributed by atoms with van der Waals surface area (Å²) in [5, 5.41) is 0.0509. The van der Waals surface area contributed by atoms with E-state index in [1.165, 1.54) is 18.2 Å². The number of nitrogens with one attached hydrogen (secondary N) is 1. The lowest BCUT2D eigenvalue weighted by atomic mass is 10.1. The molecule has 0 aromatic heterocycles.